The number of hydrogen-bond acceptors (Lipinski definition) is 2. The maximum absolute atomic E-state index is 9.10. The molecule has 1 aliphatic carbocycles. The van der Waals surface area contributed by atoms with Crippen LogP contribution < -0.4 is 0 Å². The summed E-state index contributed by atoms with van der Waals surface area (Å²) in [5.41, 5.74) is -0.0972. The van der Waals surface area contributed by atoms with E-state index in [0.29, 0.717) is 5.92 Å². The van der Waals surface area contributed by atoms with Gasteiger partial charge in [-0.15, -0.1) is 0 Å². The minimum Gasteiger partial charge on any atom is -0.393 e. The second kappa shape index (κ2) is 2.21. The molecule has 0 bridgehead atoms. The van der Waals surface area contributed by atoms with Gasteiger partial charge < -0.3 is 9.84 Å². The van der Waals surface area contributed by atoms with Gasteiger partial charge in [-0.2, -0.15) is 0 Å². The molecular formula is C8H14O2. The van der Waals surface area contributed by atoms with E-state index in [1.54, 1.807) is 0 Å². The van der Waals surface area contributed by atoms with Crippen molar-refractivity contribution in [1.29, 1.82) is 0 Å². The fourth-order valence-electron chi connectivity index (χ4n) is 1.90. The van der Waals surface area contributed by atoms with Gasteiger partial charge in [-0.05, 0) is 31.6 Å². The van der Waals surface area contributed by atoms with E-state index in [0.717, 1.165) is 19.4 Å². The molecule has 1 saturated carbocycles. The molecule has 2 aliphatic rings. The summed E-state index contributed by atoms with van der Waals surface area (Å²) in [7, 11) is 0. The summed E-state index contributed by atoms with van der Waals surface area (Å²) < 4.78 is 5.56. The fraction of sp³-hybridized carbons (Fsp3) is 1.00. The summed E-state index contributed by atoms with van der Waals surface area (Å²) in [5, 5.41) is 9.10. The lowest BCUT2D eigenvalue weighted by atomic mass is 9.95. The number of hydrogen-bond donors (Lipinski definition) is 1. The summed E-state index contributed by atoms with van der Waals surface area (Å²) >= 11 is 0. The van der Waals surface area contributed by atoms with E-state index in [1.807, 2.05) is 0 Å². The second-order valence-electron chi connectivity index (χ2n) is 3.45. The van der Waals surface area contributed by atoms with Crippen molar-refractivity contribution in [3.05, 3.63) is 0 Å². The lowest BCUT2D eigenvalue weighted by Crippen LogP contribution is -2.34. The minimum atomic E-state index is -0.0972. The van der Waals surface area contributed by atoms with Crippen LogP contribution in [0.3, 0.4) is 0 Å². The predicted octanol–water partition coefficient (Wildman–Crippen LogP) is 0.938. The van der Waals surface area contributed by atoms with Crippen molar-refractivity contribution < 1.29 is 9.84 Å². The molecule has 1 saturated heterocycles. The molecule has 1 unspecified atom stereocenters. The molecule has 0 aromatic rings. The summed E-state index contributed by atoms with van der Waals surface area (Å²) in [6.07, 6.45) is 4.74. The van der Waals surface area contributed by atoms with Crippen LogP contribution in [0.1, 0.15) is 25.7 Å². The molecule has 1 atom stereocenters. The standard InChI is InChI=1S/C8H14O2/c9-6-8(7-2-3-7)4-1-5-10-8/h7,9H,1-6H2. The lowest BCUT2D eigenvalue weighted by molar-refractivity contribution is -0.0543. The predicted molar refractivity (Wildman–Crippen MR) is 37.7 cm³/mol. The largest absolute Gasteiger partial charge is 0.393 e. The first-order chi connectivity index (χ1) is 4.87. The van der Waals surface area contributed by atoms with E-state index < -0.39 is 0 Å². The van der Waals surface area contributed by atoms with E-state index in [4.69, 9.17) is 9.84 Å². The Morgan fingerprint density at radius 1 is 1.50 bits per heavy atom. The van der Waals surface area contributed by atoms with Crippen LogP contribution in [0, 0.1) is 5.92 Å². The van der Waals surface area contributed by atoms with Crippen LogP contribution in [0.15, 0.2) is 0 Å². The van der Waals surface area contributed by atoms with Crippen molar-refractivity contribution >= 4 is 0 Å². The molecule has 0 spiro atoms. The molecule has 2 rings (SSSR count). The Morgan fingerprint density at radius 2 is 2.30 bits per heavy atom. The van der Waals surface area contributed by atoms with Gasteiger partial charge in [0.05, 0.1) is 12.2 Å². The van der Waals surface area contributed by atoms with Gasteiger partial charge in [0.25, 0.3) is 0 Å². The highest BCUT2D eigenvalue weighted by Crippen LogP contribution is 2.46. The van der Waals surface area contributed by atoms with Crippen LogP contribution in [0.25, 0.3) is 0 Å². The zero-order chi connectivity index (χ0) is 7.03. The molecule has 58 valence electrons. The van der Waals surface area contributed by atoms with Gasteiger partial charge in [-0.25, -0.2) is 0 Å². The van der Waals surface area contributed by atoms with Crippen LogP contribution >= 0.6 is 0 Å². The van der Waals surface area contributed by atoms with E-state index in [-0.39, 0.29) is 12.2 Å². The van der Waals surface area contributed by atoms with Crippen molar-refractivity contribution in [1.82, 2.24) is 0 Å². The first kappa shape index (κ1) is 6.62. The summed E-state index contributed by atoms with van der Waals surface area (Å²) in [4.78, 5) is 0. The summed E-state index contributed by atoms with van der Waals surface area (Å²) in [6.45, 7) is 1.09. The van der Waals surface area contributed by atoms with Crippen molar-refractivity contribution in [3.63, 3.8) is 0 Å². The first-order valence-corrected chi connectivity index (χ1v) is 4.12. The van der Waals surface area contributed by atoms with Crippen LogP contribution in [0.4, 0.5) is 0 Å². The average Bonchev–Trinajstić information content (AvgIpc) is 2.71. The van der Waals surface area contributed by atoms with Gasteiger partial charge in [0, 0.05) is 6.61 Å². The Hall–Kier alpha value is -0.0800. The van der Waals surface area contributed by atoms with Crippen molar-refractivity contribution in [2.24, 2.45) is 5.92 Å². The maximum Gasteiger partial charge on any atom is 0.0940 e. The van der Waals surface area contributed by atoms with E-state index >= 15 is 0 Å². The van der Waals surface area contributed by atoms with Crippen LogP contribution in [-0.4, -0.2) is 23.9 Å². The molecule has 0 amide bonds. The molecule has 1 heterocycles. The molecule has 1 N–H and O–H groups in total. The quantitative estimate of drug-likeness (QED) is 0.621. The van der Waals surface area contributed by atoms with E-state index in [1.165, 1.54) is 12.8 Å². The molecule has 1 aliphatic heterocycles. The molecule has 2 heteroatoms. The smallest absolute Gasteiger partial charge is 0.0940 e. The van der Waals surface area contributed by atoms with Crippen LogP contribution in [-0.2, 0) is 4.74 Å². The SMILES string of the molecule is OCC1(C2CC2)CCCO1. The topological polar surface area (TPSA) is 29.5 Å². The van der Waals surface area contributed by atoms with E-state index in [2.05, 4.69) is 0 Å². The van der Waals surface area contributed by atoms with Gasteiger partial charge in [0.1, 0.15) is 0 Å². The zero-order valence-corrected chi connectivity index (χ0v) is 6.18. The van der Waals surface area contributed by atoms with Crippen LogP contribution in [0.5, 0.6) is 0 Å². The van der Waals surface area contributed by atoms with Gasteiger partial charge in [-0.1, -0.05) is 0 Å². The Labute approximate surface area is 61.2 Å². The molecule has 2 nitrogen and oxygen atoms in total. The fourth-order valence-corrected chi connectivity index (χ4v) is 1.90. The van der Waals surface area contributed by atoms with Crippen LogP contribution in [0.2, 0.25) is 0 Å². The van der Waals surface area contributed by atoms with Gasteiger partial charge >= 0.3 is 0 Å². The van der Waals surface area contributed by atoms with E-state index in [9.17, 15) is 0 Å². The van der Waals surface area contributed by atoms with Crippen molar-refractivity contribution in [2.45, 2.75) is 31.3 Å². The first-order valence-electron chi connectivity index (χ1n) is 4.12. The Balaban J connectivity index is 2.04. The third-order valence-corrected chi connectivity index (χ3v) is 2.72. The Bertz CT molecular complexity index is 123. The lowest BCUT2D eigenvalue weighted by Gasteiger charge is -2.25. The van der Waals surface area contributed by atoms with Gasteiger partial charge in [0.15, 0.2) is 0 Å². The maximum atomic E-state index is 9.10. The Morgan fingerprint density at radius 3 is 2.70 bits per heavy atom. The summed E-state index contributed by atoms with van der Waals surface area (Å²) in [6, 6.07) is 0. The van der Waals surface area contributed by atoms with Gasteiger partial charge in [-0.3, -0.25) is 0 Å². The normalized spacial score (nSPS) is 40.5. The second-order valence-corrected chi connectivity index (χ2v) is 3.45. The molecule has 0 radical (unpaired) electrons. The molecule has 10 heavy (non-hydrogen) atoms. The summed E-state index contributed by atoms with van der Waals surface area (Å²) in [5.74, 6) is 0.681. The highest BCUT2D eigenvalue weighted by Gasteiger charge is 2.47. The third kappa shape index (κ3) is 0.867. The zero-order valence-electron chi connectivity index (χ0n) is 6.18. The van der Waals surface area contributed by atoms with Crippen molar-refractivity contribution in [3.8, 4) is 0 Å². The number of aliphatic hydroxyl groups is 1. The average molecular weight is 142 g/mol. The monoisotopic (exact) mass is 142 g/mol. The highest BCUT2D eigenvalue weighted by atomic mass is 16.5. The Kier molecular flexibility index (Phi) is 1.46. The molecule has 2 fully saturated rings. The number of rotatable bonds is 2. The minimum absolute atomic E-state index is 0.0972. The van der Waals surface area contributed by atoms with Crippen molar-refractivity contribution in [2.75, 3.05) is 13.2 Å². The number of ether oxygens (including phenoxy) is 1. The molecule has 0 aromatic carbocycles. The number of aliphatic hydroxyl groups excluding tert-OH is 1. The third-order valence-electron chi connectivity index (χ3n) is 2.72. The highest BCUT2D eigenvalue weighted by molar-refractivity contribution is 4.98. The van der Waals surface area contributed by atoms with Gasteiger partial charge in [0.2, 0.25) is 0 Å². The molecular weight excluding hydrogens is 128 g/mol. The molecule has 0 aromatic heterocycles.